The largest absolute Gasteiger partial charge is 0.478 e. The standard InChI is InChI=1S/C14H24N4O2/c1-4-6-20-12-7-9(3)16-14(17-12)18-13-10(15)8-11(13)19-5-2/h7,10-11,13H,4-6,8,15H2,1-3H3,(H,16,17,18). The Bertz CT molecular complexity index is 439. The molecule has 0 bridgehead atoms. The van der Waals surface area contributed by atoms with Crippen LogP contribution in [0.2, 0.25) is 0 Å². The van der Waals surface area contributed by atoms with Gasteiger partial charge in [0.05, 0.1) is 18.8 Å². The summed E-state index contributed by atoms with van der Waals surface area (Å²) in [4.78, 5) is 8.75. The van der Waals surface area contributed by atoms with Gasteiger partial charge in [-0.3, -0.25) is 0 Å². The molecule has 112 valence electrons. The van der Waals surface area contributed by atoms with Gasteiger partial charge in [-0.1, -0.05) is 6.92 Å². The molecule has 0 amide bonds. The lowest BCUT2D eigenvalue weighted by Crippen LogP contribution is -2.60. The first-order valence-corrected chi connectivity index (χ1v) is 7.26. The molecule has 0 aromatic carbocycles. The fourth-order valence-corrected chi connectivity index (χ4v) is 2.26. The molecule has 6 nitrogen and oxygen atoms in total. The van der Waals surface area contributed by atoms with Crippen molar-refractivity contribution in [3.63, 3.8) is 0 Å². The number of nitrogens with zero attached hydrogens (tertiary/aromatic N) is 2. The number of nitrogens with one attached hydrogen (secondary N) is 1. The molecule has 1 aliphatic carbocycles. The summed E-state index contributed by atoms with van der Waals surface area (Å²) < 4.78 is 11.2. The van der Waals surface area contributed by atoms with Crippen LogP contribution in [0.5, 0.6) is 5.88 Å². The summed E-state index contributed by atoms with van der Waals surface area (Å²) in [5, 5.41) is 3.27. The van der Waals surface area contributed by atoms with Crippen molar-refractivity contribution in [2.45, 2.75) is 51.8 Å². The van der Waals surface area contributed by atoms with Gasteiger partial charge >= 0.3 is 0 Å². The van der Waals surface area contributed by atoms with Gasteiger partial charge in [0.2, 0.25) is 11.8 Å². The Morgan fingerprint density at radius 3 is 2.85 bits per heavy atom. The molecule has 3 N–H and O–H groups in total. The van der Waals surface area contributed by atoms with Gasteiger partial charge in [0, 0.05) is 24.4 Å². The molecule has 0 saturated heterocycles. The van der Waals surface area contributed by atoms with E-state index in [1.807, 2.05) is 19.9 Å². The van der Waals surface area contributed by atoms with Crippen molar-refractivity contribution in [3.8, 4) is 5.88 Å². The Balaban J connectivity index is 2.02. The first kappa shape index (κ1) is 15.0. The molecule has 6 heteroatoms. The summed E-state index contributed by atoms with van der Waals surface area (Å²) in [5.41, 5.74) is 6.89. The molecule has 1 aliphatic rings. The fourth-order valence-electron chi connectivity index (χ4n) is 2.26. The van der Waals surface area contributed by atoms with E-state index >= 15 is 0 Å². The van der Waals surface area contributed by atoms with Gasteiger partial charge in [-0.05, 0) is 26.7 Å². The zero-order valence-corrected chi connectivity index (χ0v) is 12.4. The second-order valence-electron chi connectivity index (χ2n) is 5.08. The van der Waals surface area contributed by atoms with Gasteiger partial charge in [-0.2, -0.15) is 4.98 Å². The van der Waals surface area contributed by atoms with Crippen LogP contribution >= 0.6 is 0 Å². The Hall–Kier alpha value is -1.40. The Kier molecular flexibility index (Phi) is 5.14. The van der Waals surface area contributed by atoms with Crippen LogP contribution in [0.15, 0.2) is 6.07 Å². The summed E-state index contributed by atoms with van der Waals surface area (Å²) in [6, 6.07) is 1.98. The monoisotopic (exact) mass is 280 g/mol. The van der Waals surface area contributed by atoms with Crippen molar-refractivity contribution in [2.75, 3.05) is 18.5 Å². The Morgan fingerprint density at radius 2 is 2.20 bits per heavy atom. The van der Waals surface area contributed by atoms with Crippen LogP contribution in [0.1, 0.15) is 32.4 Å². The maximum atomic E-state index is 6.02. The third-order valence-corrected chi connectivity index (χ3v) is 3.33. The number of hydrogen-bond acceptors (Lipinski definition) is 6. The van der Waals surface area contributed by atoms with E-state index in [2.05, 4.69) is 22.2 Å². The van der Waals surface area contributed by atoms with E-state index in [0.717, 1.165) is 18.5 Å². The maximum absolute atomic E-state index is 6.02. The summed E-state index contributed by atoms with van der Waals surface area (Å²) >= 11 is 0. The molecule has 20 heavy (non-hydrogen) atoms. The molecule has 1 saturated carbocycles. The van der Waals surface area contributed by atoms with Crippen molar-refractivity contribution < 1.29 is 9.47 Å². The maximum Gasteiger partial charge on any atom is 0.226 e. The highest BCUT2D eigenvalue weighted by Gasteiger charge is 2.39. The van der Waals surface area contributed by atoms with Crippen molar-refractivity contribution in [1.82, 2.24) is 9.97 Å². The first-order valence-electron chi connectivity index (χ1n) is 7.26. The minimum absolute atomic E-state index is 0.0655. The molecule has 0 radical (unpaired) electrons. The van der Waals surface area contributed by atoms with Crippen LogP contribution in [0, 0.1) is 6.92 Å². The van der Waals surface area contributed by atoms with E-state index in [0.29, 0.717) is 25.0 Å². The SMILES string of the molecule is CCCOc1cc(C)nc(NC2C(N)CC2OCC)n1. The highest BCUT2D eigenvalue weighted by molar-refractivity contribution is 5.34. The molecule has 3 unspecified atom stereocenters. The molecule has 0 spiro atoms. The minimum Gasteiger partial charge on any atom is -0.478 e. The van der Waals surface area contributed by atoms with Crippen LogP contribution in [-0.2, 0) is 4.74 Å². The molecule has 1 heterocycles. The van der Waals surface area contributed by atoms with Gasteiger partial charge in [0.15, 0.2) is 0 Å². The Morgan fingerprint density at radius 1 is 1.40 bits per heavy atom. The number of ether oxygens (including phenoxy) is 2. The van der Waals surface area contributed by atoms with Crippen molar-refractivity contribution in [2.24, 2.45) is 5.73 Å². The summed E-state index contributed by atoms with van der Waals surface area (Å²) in [5.74, 6) is 1.16. The summed E-state index contributed by atoms with van der Waals surface area (Å²) in [6.45, 7) is 7.32. The molecule has 2 rings (SSSR count). The zero-order valence-electron chi connectivity index (χ0n) is 12.4. The molecule has 0 aliphatic heterocycles. The van der Waals surface area contributed by atoms with Gasteiger partial charge in [0.25, 0.3) is 0 Å². The van der Waals surface area contributed by atoms with Crippen molar-refractivity contribution in [1.29, 1.82) is 0 Å². The van der Waals surface area contributed by atoms with E-state index in [1.165, 1.54) is 0 Å². The first-order chi connectivity index (χ1) is 9.63. The molecular formula is C14H24N4O2. The van der Waals surface area contributed by atoms with Crippen LogP contribution in [0.3, 0.4) is 0 Å². The van der Waals surface area contributed by atoms with Crippen molar-refractivity contribution in [3.05, 3.63) is 11.8 Å². The quantitative estimate of drug-likeness (QED) is 0.787. The fraction of sp³-hybridized carbons (Fsp3) is 0.714. The molecule has 3 atom stereocenters. The molecular weight excluding hydrogens is 256 g/mol. The number of anilines is 1. The van der Waals surface area contributed by atoms with Gasteiger partial charge in [-0.15, -0.1) is 0 Å². The second kappa shape index (κ2) is 6.85. The molecule has 1 fully saturated rings. The molecule has 1 aromatic rings. The average Bonchev–Trinajstić information content (AvgIpc) is 2.42. The second-order valence-corrected chi connectivity index (χ2v) is 5.08. The lowest BCUT2D eigenvalue weighted by molar-refractivity contribution is -0.0128. The summed E-state index contributed by atoms with van der Waals surface area (Å²) in [6.07, 6.45) is 1.96. The highest BCUT2D eigenvalue weighted by atomic mass is 16.5. The number of nitrogens with two attached hydrogens (primary N) is 1. The minimum atomic E-state index is 0.0655. The van der Waals surface area contributed by atoms with Crippen molar-refractivity contribution >= 4 is 5.95 Å². The lowest BCUT2D eigenvalue weighted by atomic mass is 9.83. The topological polar surface area (TPSA) is 82.3 Å². The number of hydrogen-bond donors (Lipinski definition) is 2. The predicted octanol–water partition coefficient (Wildman–Crippen LogP) is 1.49. The van der Waals surface area contributed by atoms with Gasteiger partial charge in [-0.25, -0.2) is 4.98 Å². The average molecular weight is 280 g/mol. The third-order valence-electron chi connectivity index (χ3n) is 3.33. The molecule has 1 aromatic heterocycles. The summed E-state index contributed by atoms with van der Waals surface area (Å²) in [7, 11) is 0. The van der Waals surface area contributed by atoms with Crippen LogP contribution in [0.25, 0.3) is 0 Å². The van der Waals surface area contributed by atoms with Crippen LogP contribution in [0.4, 0.5) is 5.95 Å². The van der Waals surface area contributed by atoms with E-state index in [-0.39, 0.29) is 18.2 Å². The van der Waals surface area contributed by atoms with E-state index in [9.17, 15) is 0 Å². The number of aryl methyl sites for hydroxylation is 1. The highest BCUT2D eigenvalue weighted by Crippen LogP contribution is 2.25. The number of rotatable bonds is 7. The normalized spacial score (nSPS) is 25.1. The van der Waals surface area contributed by atoms with E-state index in [4.69, 9.17) is 15.2 Å². The smallest absolute Gasteiger partial charge is 0.226 e. The van der Waals surface area contributed by atoms with Gasteiger partial charge in [0.1, 0.15) is 0 Å². The zero-order chi connectivity index (χ0) is 14.5. The Labute approximate surface area is 120 Å². The van der Waals surface area contributed by atoms with E-state index in [1.54, 1.807) is 0 Å². The van der Waals surface area contributed by atoms with Crippen LogP contribution in [-0.4, -0.2) is 41.4 Å². The predicted molar refractivity (Wildman–Crippen MR) is 78.0 cm³/mol. The van der Waals surface area contributed by atoms with E-state index < -0.39 is 0 Å². The van der Waals surface area contributed by atoms with Crippen LogP contribution < -0.4 is 15.8 Å². The van der Waals surface area contributed by atoms with Gasteiger partial charge < -0.3 is 20.5 Å². The lowest BCUT2D eigenvalue weighted by Gasteiger charge is -2.42. The number of aromatic nitrogens is 2. The third kappa shape index (κ3) is 3.58.